The predicted octanol–water partition coefficient (Wildman–Crippen LogP) is 3.40. The minimum absolute atomic E-state index is 0.142. The molecule has 1 atom stereocenters. The number of nitrogens with one attached hydrogen (secondary N) is 3. The summed E-state index contributed by atoms with van der Waals surface area (Å²) in [6, 6.07) is 9.20. The molecule has 0 fully saturated rings. The van der Waals surface area contributed by atoms with Gasteiger partial charge in [0, 0.05) is 11.4 Å². The highest BCUT2D eigenvalue weighted by Crippen LogP contribution is 2.31. The zero-order valence-electron chi connectivity index (χ0n) is 14.6. The molecule has 1 aliphatic heterocycles. The third kappa shape index (κ3) is 3.90. The van der Waals surface area contributed by atoms with Crippen LogP contribution in [0.15, 0.2) is 53.7 Å². The number of carbonyl (C=O) groups excluding carboxylic acids is 1. The zero-order chi connectivity index (χ0) is 19.6. The lowest BCUT2D eigenvalue weighted by molar-refractivity contribution is -0.113. The monoisotopic (exact) mass is 389 g/mol. The topological polar surface area (TPSA) is 62.4 Å². The number of carbonyl (C=O) groups is 1. The van der Waals surface area contributed by atoms with Gasteiger partial charge in [-0.1, -0.05) is 6.07 Å². The standard InChI is InChI=1S/C19H17F2N3O2S/c1-10-15(18(25)23-11-6-8-12(26-2)9-7-11)17(24-19(27)22-10)16-13(20)4-3-5-14(16)21/h3-9,17H,1-2H3,(H,23,25)(H2,22,24,27). The Morgan fingerprint density at radius 1 is 1.15 bits per heavy atom. The Morgan fingerprint density at radius 3 is 2.37 bits per heavy atom. The second-order valence-electron chi connectivity index (χ2n) is 5.89. The number of thiocarbonyl (C=S) groups is 1. The van der Waals surface area contributed by atoms with Crippen molar-refractivity contribution in [3.63, 3.8) is 0 Å². The molecule has 5 nitrogen and oxygen atoms in total. The average molecular weight is 389 g/mol. The molecule has 8 heteroatoms. The van der Waals surface area contributed by atoms with Crippen molar-refractivity contribution in [3.05, 3.63) is 70.9 Å². The lowest BCUT2D eigenvalue weighted by Gasteiger charge is -2.30. The van der Waals surface area contributed by atoms with E-state index in [4.69, 9.17) is 17.0 Å². The Hall–Kier alpha value is -3.00. The molecule has 0 saturated carbocycles. The van der Waals surface area contributed by atoms with Crippen LogP contribution in [0, 0.1) is 11.6 Å². The Kier molecular flexibility index (Phi) is 5.36. The molecule has 1 aliphatic rings. The molecule has 2 aromatic carbocycles. The quantitative estimate of drug-likeness (QED) is 0.700. The Balaban J connectivity index is 1.97. The third-order valence-electron chi connectivity index (χ3n) is 4.15. The number of methoxy groups -OCH3 is 1. The van der Waals surface area contributed by atoms with Crippen LogP contribution in [0.2, 0.25) is 0 Å². The van der Waals surface area contributed by atoms with E-state index in [-0.39, 0.29) is 16.2 Å². The number of hydrogen-bond donors (Lipinski definition) is 3. The summed E-state index contributed by atoms with van der Waals surface area (Å²) in [5.74, 6) is -1.40. The summed E-state index contributed by atoms with van der Waals surface area (Å²) in [6.07, 6.45) is 0. The summed E-state index contributed by atoms with van der Waals surface area (Å²) in [5, 5.41) is 8.52. The molecule has 0 bridgehead atoms. The fourth-order valence-electron chi connectivity index (χ4n) is 2.87. The molecule has 0 spiro atoms. The summed E-state index contributed by atoms with van der Waals surface area (Å²) in [6.45, 7) is 1.63. The Bertz CT molecular complexity index is 909. The molecule has 140 valence electrons. The molecule has 27 heavy (non-hydrogen) atoms. The first kappa shape index (κ1) is 18.8. The lowest BCUT2D eigenvalue weighted by atomic mass is 9.94. The van der Waals surface area contributed by atoms with Crippen LogP contribution in [0.3, 0.4) is 0 Å². The minimum Gasteiger partial charge on any atom is -0.497 e. The Labute approximate surface area is 160 Å². The normalized spacial score (nSPS) is 16.4. The molecule has 2 aromatic rings. The van der Waals surface area contributed by atoms with E-state index in [1.165, 1.54) is 13.2 Å². The molecular weight excluding hydrogens is 372 g/mol. The molecule has 3 rings (SSSR count). The van der Waals surface area contributed by atoms with Gasteiger partial charge in [0.25, 0.3) is 5.91 Å². The molecule has 1 amide bonds. The SMILES string of the molecule is COc1ccc(NC(=O)C2=C(C)NC(=S)NC2c2c(F)cccc2F)cc1. The molecule has 3 N–H and O–H groups in total. The van der Waals surface area contributed by atoms with Crippen LogP contribution in [0.4, 0.5) is 14.5 Å². The van der Waals surface area contributed by atoms with E-state index in [1.54, 1.807) is 31.2 Å². The van der Waals surface area contributed by atoms with Gasteiger partial charge < -0.3 is 20.7 Å². The third-order valence-corrected chi connectivity index (χ3v) is 4.37. The highest BCUT2D eigenvalue weighted by Gasteiger charge is 2.33. The van der Waals surface area contributed by atoms with E-state index in [2.05, 4.69) is 16.0 Å². The lowest BCUT2D eigenvalue weighted by Crippen LogP contribution is -2.46. The van der Waals surface area contributed by atoms with Crippen LogP contribution in [0.25, 0.3) is 0 Å². The van der Waals surface area contributed by atoms with Gasteiger partial charge in [-0.2, -0.15) is 0 Å². The van der Waals surface area contributed by atoms with Crippen molar-refractivity contribution < 1.29 is 18.3 Å². The van der Waals surface area contributed by atoms with Gasteiger partial charge in [-0.15, -0.1) is 0 Å². The number of allylic oxidation sites excluding steroid dienone is 1. The number of amides is 1. The molecule has 0 aromatic heterocycles. The van der Waals surface area contributed by atoms with Gasteiger partial charge in [-0.05, 0) is 55.5 Å². The molecular formula is C19H17F2N3O2S. The van der Waals surface area contributed by atoms with Gasteiger partial charge in [-0.3, -0.25) is 4.79 Å². The van der Waals surface area contributed by atoms with Crippen molar-refractivity contribution in [2.45, 2.75) is 13.0 Å². The van der Waals surface area contributed by atoms with Crippen molar-refractivity contribution in [2.75, 3.05) is 12.4 Å². The zero-order valence-corrected chi connectivity index (χ0v) is 15.4. The number of hydrogen-bond acceptors (Lipinski definition) is 3. The van der Waals surface area contributed by atoms with E-state index >= 15 is 0 Å². The molecule has 1 unspecified atom stereocenters. The maximum absolute atomic E-state index is 14.3. The van der Waals surface area contributed by atoms with Crippen LogP contribution >= 0.6 is 12.2 Å². The van der Waals surface area contributed by atoms with Gasteiger partial charge in [0.1, 0.15) is 17.4 Å². The fourth-order valence-corrected chi connectivity index (χ4v) is 3.14. The van der Waals surface area contributed by atoms with Gasteiger partial charge in [0.2, 0.25) is 0 Å². The van der Waals surface area contributed by atoms with E-state index in [0.717, 1.165) is 12.1 Å². The average Bonchev–Trinajstić information content (AvgIpc) is 2.61. The number of ether oxygens (including phenoxy) is 1. The van der Waals surface area contributed by atoms with E-state index < -0.39 is 23.6 Å². The maximum atomic E-state index is 14.3. The first-order valence-electron chi connectivity index (χ1n) is 8.08. The first-order chi connectivity index (χ1) is 12.9. The second kappa shape index (κ2) is 7.71. The highest BCUT2D eigenvalue weighted by molar-refractivity contribution is 7.80. The van der Waals surface area contributed by atoms with Gasteiger partial charge >= 0.3 is 0 Å². The second-order valence-corrected chi connectivity index (χ2v) is 6.30. The molecule has 0 saturated heterocycles. The largest absolute Gasteiger partial charge is 0.497 e. The van der Waals surface area contributed by atoms with Crippen molar-refractivity contribution >= 4 is 28.9 Å². The highest BCUT2D eigenvalue weighted by atomic mass is 32.1. The predicted molar refractivity (Wildman–Crippen MR) is 102 cm³/mol. The van der Waals surface area contributed by atoms with Gasteiger partial charge in [0.15, 0.2) is 5.11 Å². The molecule has 0 radical (unpaired) electrons. The van der Waals surface area contributed by atoms with Crippen molar-refractivity contribution in [2.24, 2.45) is 0 Å². The smallest absolute Gasteiger partial charge is 0.255 e. The van der Waals surface area contributed by atoms with E-state index in [9.17, 15) is 13.6 Å². The summed E-state index contributed by atoms with van der Waals surface area (Å²) in [5.41, 5.74) is 0.809. The minimum atomic E-state index is -1.06. The number of halogens is 2. The van der Waals surface area contributed by atoms with Crippen LogP contribution in [0.1, 0.15) is 18.5 Å². The fraction of sp³-hybridized carbons (Fsp3) is 0.158. The molecule has 1 heterocycles. The van der Waals surface area contributed by atoms with Crippen molar-refractivity contribution in [1.82, 2.24) is 10.6 Å². The first-order valence-corrected chi connectivity index (χ1v) is 8.49. The van der Waals surface area contributed by atoms with Crippen LogP contribution in [0.5, 0.6) is 5.75 Å². The van der Waals surface area contributed by atoms with Crippen molar-refractivity contribution in [3.8, 4) is 5.75 Å². The number of anilines is 1. The molecule has 0 aliphatic carbocycles. The summed E-state index contributed by atoms with van der Waals surface area (Å²) >= 11 is 5.10. The summed E-state index contributed by atoms with van der Waals surface area (Å²) < 4.78 is 33.7. The van der Waals surface area contributed by atoms with Crippen LogP contribution in [-0.4, -0.2) is 18.1 Å². The number of benzene rings is 2. The number of rotatable bonds is 4. The van der Waals surface area contributed by atoms with Gasteiger partial charge in [0.05, 0.1) is 24.3 Å². The van der Waals surface area contributed by atoms with Crippen LogP contribution < -0.4 is 20.7 Å². The maximum Gasteiger partial charge on any atom is 0.255 e. The van der Waals surface area contributed by atoms with Gasteiger partial charge in [-0.25, -0.2) is 8.78 Å². The van der Waals surface area contributed by atoms with Crippen molar-refractivity contribution in [1.29, 1.82) is 0 Å². The van der Waals surface area contributed by atoms with E-state index in [1.807, 2.05) is 0 Å². The summed E-state index contributed by atoms with van der Waals surface area (Å²) in [4.78, 5) is 12.9. The Morgan fingerprint density at radius 2 is 1.78 bits per heavy atom. The van der Waals surface area contributed by atoms with E-state index in [0.29, 0.717) is 17.1 Å². The van der Waals surface area contributed by atoms with Crippen LogP contribution in [-0.2, 0) is 4.79 Å². The summed E-state index contributed by atoms with van der Waals surface area (Å²) in [7, 11) is 1.54.